The Morgan fingerprint density at radius 1 is 1.09 bits per heavy atom. The molecular formula is C23H27FN6OS2. The molecule has 2 aliphatic heterocycles. The van der Waals surface area contributed by atoms with Gasteiger partial charge in [0.2, 0.25) is 5.91 Å². The minimum Gasteiger partial charge on any atom is -0.366 e. The molecule has 7 nitrogen and oxygen atoms in total. The second kappa shape index (κ2) is 9.80. The summed E-state index contributed by atoms with van der Waals surface area (Å²) in [6.45, 7) is 6.77. The maximum Gasteiger partial charge on any atom is 0.233 e. The van der Waals surface area contributed by atoms with Crippen LogP contribution in [0.1, 0.15) is 19.8 Å². The van der Waals surface area contributed by atoms with E-state index in [1.807, 2.05) is 15.9 Å². The van der Waals surface area contributed by atoms with Gasteiger partial charge < -0.3 is 14.7 Å². The van der Waals surface area contributed by atoms with Gasteiger partial charge in [-0.25, -0.2) is 14.4 Å². The third-order valence-electron chi connectivity index (χ3n) is 6.36. The third-order valence-corrected chi connectivity index (χ3v) is 8.57. The first-order valence-corrected chi connectivity index (χ1v) is 13.2. The number of halogens is 1. The molecule has 1 aromatic carbocycles. The summed E-state index contributed by atoms with van der Waals surface area (Å²) in [5.74, 6) is 0.944. The second-order valence-corrected chi connectivity index (χ2v) is 10.5. The van der Waals surface area contributed by atoms with E-state index < -0.39 is 0 Å². The molecule has 2 saturated heterocycles. The van der Waals surface area contributed by atoms with Crippen molar-refractivity contribution in [3.8, 4) is 0 Å². The highest BCUT2D eigenvalue weighted by Gasteiger charge is 2.24. The Morgan fingerprint density at radius 3 is 2.61 bits per heavy atom. The first-order valence-electron chi connectivity index (χ1n) is 11.3. The molecule has 5 rings (SSSR count). The van der Waals surface area contributed by atoms with Gasteiger partial charge in [0.15, 0.2) is 10.8 Å². The molecule has 0 spiro atoms. The lowest BCUT2D eigenvalue weighted by atomic mass is 10.00. The van der Waals surface area contributed by atoms with E-state index in [0.717, 1.165) is 33.9 Å². The highest BCUT2D eigenvalue weighted by Crippen LogP contribution is 2.35. The Balaban J connectivity index is 1.19. The van der Waals surface area contributed by atoms with E-state index >= 15 is 0 Å². The largest absolute Gasteiger partial charge is 0.366 e. The number of thioether (sulfide) groups is 1. The maximum absolute atomic E-state index is 14.1. The van der Waals surface area contributed by atoms with Gasteiger partial charge in [-0.2, -0.15) is 4.98 Å². The molecule has 3 aromatic rings. The van der Waals surface area contributed by atoms with Crippen molar-refractivity contribution < 1.29 is 9.18 Å². The lowest BCUT2D eigenvalue weighted by Crippen LogP contribution is -2.49. The number of carbonyl (C=O) groups excluding carboxylic acids is 1. The predicted octanol–water partition coefficient (Wildman–Crippen LogP) is 3.90. The standard InChI is InChI=1S/C23H27FN6OS2/c1-16-6-8-30(9-7-16)23-27-21-20(33-23)22(26-15-25-21)32-14-19(31)29-12-10-28(11-13-29)18-5-3-2-4-17(18)24/h2-5,15-16H,6-14H2,1H3. The van der Waals surface area contributed by atoms with Gasteiger partial charge in [0.1, 0.15) is 21.9 Å². The van der Waals surface area contributed by atoms with E-state index in [1.165, 1.54) is 37.0 Å². The summed E-state index contributed by atoms with van der Waals surface area (Å²) in [5, 5.41) is 1.81. The van der Waals surface area contributed by atoms with Crippen LogP contribution in [0, 0.1) is 11.7 Å². The molecule has 0 unspecified atom stereocenters. The zero-order chi connectivity index (χ0) is 22.8. The molecule has 10 heteroatoms. The summed E-state index contributed by atoms with van der Waals surface area (Å²) >= 11 is 3.07. The van der Waals surface area contributed by atoms with Crippen LogP contribution in [0.15, 0.2) is 35.6 Å². The van der Waals surface area contributed by atoms with Crippen LogP contribution in [0.4, 0.5) is 15.2 Å². The lowest BCUT2D eigenvalue weighted by Gasteiger charge is -2.36. The van der Waals surface area contributed by atoms with Crippen molar-refractivity contribution in [1.82, 2.24) is 19.9 Å². The minimum atomic E-state index is -0.219. The number of carbonyl (C=O) groups is 1. The molecule has 0 atom stereocenters. The Hall–Kier alpha value is -2.46. The molecule has 1 amide bonds. The van der Waals surface area contributed by atoms with Crippen LogP contribution in [0.25, 0.3) is 10.3 Å². The van der Waals surface area contributed by atoms with E-state index in [9.17, 15) is 9.18 Å². The Bertz CT molecular complexity index is 1130. The summed E-state index contributed by atoms with van der Waals surface area (Å²) in [5.41, 5.74) is 1.31. The number of piperidine rings is 1. The molecule has 174 valence electrons. The number of nitrogens with zero attached hydrogens (tertiary/aromatic N) is 6. The molecule has 0 aliphatic carbocycles. The number of aromatic nitrogens is 3. The molecule has 2 aromatic heterocycles. The zero-order valence-corrected chi connectivity index (χ0v) is 20.2. The molecule has 0 bridgehead atoms. The summed E-state index contributed by atoms with van der Waals surface area (Å²) in [6.07, 6.45) is 3.90. The van der Waals surface area contributed by atoms with Gasteiger partial charge in [0.05, 0.1) is 11.4 Å². The fourth-order valence-electron chi connectivity index (χ4n) is 4.29. The van der Waals surface area contributed by atoms with Crippen molar-refractivity contribution in [3.05, 3.63) is 36.4 Å². The van der Waals surface area contributed by atoms with Gasteiger partial charge >= 0.3 is 0 Å². The van der Waals surface area contributed by atoms with Crippen LogP contribution in [0.3, 0.4) is 0 Å². The van der Waals surface area contributed by atoms with Gasteiger partial charge in [-0.1, -0.05) is 42.2 Å². The molecule has 0 saturated carbocycles. The third kappa shape index (κ3) is 4.91. The fourth-order valence-corrected chi connectivity index (χ4v) is 6.33. The van der Waals surface area contributed by atoms with Crippen molar-refractivity contribution in [2.24, 2.45) is 5.92 Å². The van der Waals surface area contributed by atoms with E-state index in [2.05, 4.69) is 21.8 Å². The molecule has 0 radical (unpaired) electrons. The van der Waals surface area contributed by atoms with E-state index in [1.54, 1.807) is 23.5 Å². The van der Waals surface area contributed by atoms with Crippen molar-refractivity contribution >= 4 is 50.2 Å². The Kier molecular flexibility index (Phi) is 6.64. The van der Waals surface area contributed by atoms with Crippen LogP contribution >= 0.6 is 23.1 Å². The summed E-state index contributed by atoms with van der Waals surface area (Å²) in [6, 6.07) is 6.80. The van der Waals surface area contributed by atoms with Gasteiger partial charge in [-0.3, -0.25) is 4.79 Å². The van der Waals surface area contributed by atoms with E-state index in [0.29, 0.717) is 43.3 Å². The van der Waals surface area contributed by atoms with Gasteiger partial charge in [0, 0.05) is 39.3 Å². The topological polar surface area (TPSA) is 65.5 Å². The van der Waals surface area contributed by atoms with Gasteiger partial charge in [-0.05, 0) is 30.9 Å². The van der Waals surface area contributed by atoms with Crippen LogP contribution in [0.5, 0.6) is 0 Å². The Labute approximate surface area is 201 Å². The van der Waals surface area contributed by atoms with Crippen LogP contribution < -0.4 is 9.80 Å². The number of benzene rings is 1. The molecule has 0 N–H and O–H groups in total. The summed E-state index contributed by atoms with van der Waals surface area (Å²) in [4.78, 5) is 32.6. The van der Waals surface area contributed by atoms with Crippen molar-refractivity contribution in [2.45, 2.75) is 24.8 Å². The molecule has 33 heavy (non-hydrogen) atoms. The van der Waals surface area contributed by atoms with Crippen LogP contribution in [-0.4, -0.2) is 70.8 Å². The maximum atomic E-state index is 14.1. The second-order valence-electron chi connectivity index (χ2n) is 8.61. The SMILES string of the molecule is CC1CCN(c2nc3ncnc(SCC(=O)N4CCN(c5ccccc5F)CC4)c3s2)CC1. The lowest BCUT2D eigenvalue weighted by molar-refractivity contribution is -0.128. The number of para-hydroxylation sites is 1. The number of thiazole rings is 1. The van der Waals surface area contributed by atoms with Gasteiger partial charge in [-0.15, -0.1) is 0 Å². The van der Waals surface area contributed by atoms with Crippen LogP contribution in [0.2, 0.25) is 0 Å². The van der Waals surface area contributed by atoms with Gasteiger partial charge in [0.25, 0.3) is 0 Å². The smallest absolute Gasteiger partial charge is 0.233 e. The number of anilines is 2. The normalized spacial score (nSPS) is 17.7. The monoisotopic (exact) mass is 486 g/mol. The predicted molar refractivity (Wildman–Crippen MR) is 132 cm³/mol. The average molecular weight is 487 g/mol. The molecule has 2 fully saturated rings. The van der Waals surface area contributed by atoms with E-state index in [4.69, 9.17) is 4.98 Å². The highest BCUT2D eigenvalue weighted by atomic mass is 32.2. The average Bonchev–Trinajstić information content (AvgIpc) is 3.28. The number of hydrogen-bond donors (Lipinski definition) is 0. The quantitative estimate of drug-likeness (QED) is 0.400. The Morgan fingerprint density at radius 2 is 1.85 bits per heavy atom. The first kappa shape index (κ1) is 22.3. The zero-order valence-electron chi connectivity index (χ0n) is 18.6. The highest BCUT2D eigenvalue weighted by molar-refractivity contribution is 8.00. The number of hydrogen-bond acceptors (Lipinski definition) is 8. The van der Waals surface area contributed by atoms with Crippen molar-refractivity contribution in [2.75, 3.05) is 54.8 Å². The van der Waals surface area contributed by atoms with Crippen molar-refractivity contribution in [1.29, 1.82) is 0 Å². The summed E-state index contributed by atoms with van der Waals surface area (Å²) < 4.78 is 15.0. The first-order chi connectivity index (χ1) is 16.1. The molecule has 4 heterocycles. The number of amides is 1. The summed E-state index contributed by atoms with van der Waals surface area (Å²) in [7, 11) is 0. The minimum absolute atomic E-state index is 0.0784. The number of fused-ring (bicyclic) bond motifs is 1. The van der Waals surface area contributed by atoms with E-state index in [-0.39, 0.29) is 11.7 Å². The molecule has 2 aliphatic rings. The molecular weight excluding hydrogens is 459 g/mol. The number of rotatable bonds is 5. The van der Waals surface area contributed by atoms with Crippen molar-refractivity contribution in [3.63, 3.8) is 0 Å². The number of piperazine rings is 1. The fraction of sp³-hybridized carbons (Fsp3) is 0.478. The van der Waals surface area contributed by atoms with Crippen LogP contribution in [-0.2, 0) is 4.79 Å².